The van der Waals surface area contributed by atoms with Gasteiger partial charge < -0.3 is 24.7 Å². The van der Waals surface area contributed by atoms with E-state index < -0.39 is 0 Å². The number of hydrogen-bond acceptors (Lipinski definition) is 4. The van der Waals surface area contributed by atoms with Crippen molar-refractivity contribution in [2.45, 2.75) is 6.42 Å². The number of hydrogen-bond donors (Lipinski definition) is 2. The van der Waals surface area contributed by atoms with Gasteiger partial charge in [0.2, 0.25) is 0 Å². The Hall–Kier alpha value is -3.48. The number of rotatable bonds is 5. The van der Waals surface area contributed by atoms with Crippen LogP contribution in [0.1, 0.15) is 27.3 Å². The van der Waals surface area contributed by atoms with E-state index in [1.807, 2.05) is 41.9 Å². The van der Waals surface area contributed by atoms with E-state index in [-0.39, 0.29) is 11.8 Å². The molecule has 0 saturated carbocycles. The quantitative estimate of drug-likeness (QED) is 0.653. The summed E-state index contributed by atoms with van der Waals surface area (Å²) in [5.74, 6) is 0.841. The second-order valence-electron chi connectivity index (χ2n) is 6.87. The fourth-order valence-corrected chi connectivity index (χ4v) is 3.36. The molecule has 0 radical (unpaired) electrons. The summed E-state index contributed by atoms with van der Waals surface area (Å²) in [4.78, 5) is 24.8. The molecule has 29 heavy (non-hydrogen) atoms. The Bertz CT molecular complexity index is 1060. The summed E-state index contributed by atoms with van der Waals surface area (Å²) >= 11 is 0. The van der Waals surface area contributed by atoms with Gasteiger partial charge in [0, 0.05) is 43.0 Å². The second-order valence-corrected chi connectivity index (χ2v) is 6.87. The lowest BCUT2D eigenvalue weighted by Crippen LogP contribution is -2.35. The van der Waals surface area contributed by atoms with Gasteiger partial charge >= 0.3 is 0 Å². The highest BCUT2D eigenvalue weighted by Gasteiger charge is 2.15. The minimum atomic E-state index is -0.223. The first kappa shape index (κ1) is 18.9. The molecule has 0 unspecified atom stereocenters. The molecule has 7 nitrogen and oxygen atoms in total. The molecule has 2 N–H and O–H groups in total. The van der Waals surface area contributed by atoms with Crippen LogP contribution in [0, 0.1) is 0 Å². The maximum Gasteiger partial charge on any atom is 0.267 e. The number of aromatic nitrogens is 1. The van der Waals surface area contributed by atoms with E-state index in [1.54, 1.807) is 18.2 Å². The number of fused-ring (bicyclic) bond motifs is 2. The topological polar surface area (TPSA) is 81.6 Å². The molecule has 0 bridgehead atoms. The fraction of sp³-hybridized carbons (Fsp3) is 0.273. The SMILES string of the molecule is Cn1c(C(=O)NCCNC(=O)c2ccc3c(c2)OCCCO3)cc2ccccc21. The summed E-state index contributed by atoms with van der Waals surface area (Å²) in [6, 6.07) is 14.8. The molecule has 3 aromatic rings. The van der Waals surface area contributed by atoms with Crippen LogP contribution in [0.15, 0.2) is 48.5 Å². The van der Waals surface area contributed by atoms with Crippen LogP contribution >= 0.6 is 0 Å². The van der Waals surface area contributed by atoms with Crippen molar-refractivity contribution < 1.29 is 19.1 Å². The van der Waals surface area contributed by atoms with Gasteiger partial charge in [-0.3, -0.25) is 9.59 Å². The minimum absolute atomic E-state index is 0.173. The first-order valence-electron chi connectivity index (χ1n) is 9.64. The second kappa shape index (κ2) is 8.26. The number of nitrogens with zero attached hydrogens (tertiary/aromatic N) is 1. The van der Waals surface area contributed by atoms with Crippen molar-refractivity contribution >= 4 is 22.7 Å². The van der Waals surface area contributed by atoms with Gasteiger partial charge in [-0.2, -0.15) is 0 Å². The number of benzene rings is 2. The lowest BCUT2D eigenvalue weighted by Gasteiger charge is -2.10. The first-order valence-corrected chi connectivity index (χ1v) is 9.64. The molecule has 1 aliphatic heterocycles. The van der Waals surface area contributed by atoms with E-state index in [0.29, 0.717) is 49.1 Å². The van der Waals surface area contributed by atoms with Crippen molar-refractivity contribution in [1.29, 1.82) is 0 Å². The van der Waals surface area contributed by atoms with Crippen molar-refractivity contribution in [2.75, 3.05) is 26.3 Å². The molecule has 150 valence electrons. The Morgan fingerprint density at radius 3 is 2.45 bits per heavy atom. The number of carbonyl (C=O) groups excluding carboxylic acids is 2. The average molecular weight is 393 g/mol. The summed E-state index contributed by atoms with van der Waals surface area (Å²) < 4.78 is 13.1. The van der Waals surface area contributed by atoms with E-state index >= 15 is 0 Å². The summed E-state index contributed by atoms with van der Waals surface area (Å²) in [7, 11) is 1.86. The van der Waals surface area contributed by atoms with E-state index in [2.05, 4.69) is 10.6 Å². The molecule has 2 amide bonds. The predicted molar refractivity (Wildman–Crippen MR) is 110 cm³/mol. The molecule has 7 heteroatoms. The molecule has 0 fully saturated rings. The standard InChI is InChI=1S/C22H23N3O4/c1-25-17-6-3-2-5-15(17)13-18(25)22(27)24-10-9-23-21(26)16-7-8-19-20(14-16)29-12-4-11-28-19/h2-3,5-8,13-14H,4,9-12H2,1H3,(H,23,26)(H,24,27). The fourth-order valence-electron chi connectivity index (χ4n) is 3.36. The molecule has 0 saturated heterocycles. The van der Waals surface area contributed by atoms with Gasteiger partial charge in [-0.15, -0.1) is 0 Å². The van der Waals surface area contributed by atoms with Crippen LogP contribution in [0.25, 0.3) is 10.9 Å². The van der Waals surface area contributed by atoms with Crippen LogP contribution in [0.5, 0.6) is 11.5 Å². The third-order valence-corrected chi connectivity index (χ3v) is 4.89. The Kier molecular flexibility index (Phi) is 5.37. The van der Waals surface area contributed by atoms with E-state index in [0.717, 1.165) is 17.3 Å². The van der Waals surface area contributed by atoms with Gasteiger partial charge in [0.1, 0.15) is 5.69 Å². The minimum Gasteiger partial charge on any atom is -0.490 e. The number of ether oxygens (including phenoxy) is 2. The highest BCUT2D eigenvalue weighted by Crippen LogP contribution is 2.30. The van der Waals surface area contributed by atoms with Crippen LogP contribution < -0.4 is 20.1 Å². The highest BCUT2D eigenvalue weighted by atomic mass is 16.5. The number of nitrogens with one attached hydrogen (secondary N) is 2. The predicted octanol–water partition coefficient (Wildman–Crippen LogP) is 2.50. The van der Waals surface area contributed by atoms with Crippen molar-refractivity contribution in [2.24, 2.45) is 7.05 Å². The maximum absolute atomic E-state index is 12.5. The van der Waals surface area contributed by atoms with E-state index in [4.69, 9.17) is 9.47 Å². The third-order valence-electron chi connectivity index (χ3n) is 4.89. The van der Waals surface area contributed by atoms with Crippen LogP contribution in [0.3, 0.4) is 0 Å². The molecule has 0 atom stereocenters. The molecule has 0 spiro atoms. The van der Waals surface area contributed by atoms with Gasteiger partial charge in [-0.25, -0.2) is 0 Å². The summed E-state index contributed by atoms with van der Waals surface area (Å²) in [6.45, 7) is 1.83. The average Bonchev–Trinajstić information content (AvgIpc) is 2.91. The van der Waals surface area contributed by atoms with E-state index in [9.17, 15) is 9.59 Å². The lowest BCUT2D eigenvalue weighted by molar-refractivity contribution is 0.0923. The molecule has 2 aromatic carbocycles. The van der Waals surface area contributed by atoms with Crippen molar-refractivity contribution in [3.8, 4) is 11.5 Å². The molecule has 0 aliphatic carbocycles. The van der Waals surface area contributed by atoms with Crippen LogP contribution in [0.2, 0.25) is 0 Å². The van der Waals surface area contributed by atoms with E-state index in [1.165, 1.54) is 0 Å². The third kappa shape index (κ3) is 4.03. The van der Waals surface area contributed by atoms with Crippen molar-refractivity contribution in [3.05, 3.63) is 59.8 Å². The van der Waals surface area contributed by atoms with Gasteiger partial charge in [0.15, 0.2) is 11.5 Å². The van der Waals surface area contributed by atoms with Crippen LogP contribution in [0.4, 0.5) is 0 Å². The van der Waals surface area contributed by atoms with Gasteiger partial charge in [0.25, 0.3) is 11.8 Å². The summed E-state index contributed by atoms with van der Waals surface area (Å²) in [5.41, 5.74) is 2.08. The first-order chi connectivity index (χ1) is 14.1. The zero-order valence-electron chi connectivity index (χ0n) is 16.2. The zero-order valence-corrected chi connectivity index (χ0v) is 16.2. The maximum atomic E-state index is 12.5. The molecule has 1 aliphatic rings. The number of amides is 2. The molecular formula is C22H23N3O4. The largest absolute Gasteiger partial charge is 0.490 e. The highest BCUT2D eigenvalue weighted by molar-refractivity contribution is 5.99. The van der Waals surface area contributed by atoms with Gasteiger partial charge in [-0.05, 0) is 30.3 Å². The van der Waals surface area contributed by atoms with Gasteiger partial charge in [0.05, 0.1) is 13.2 Å². The summed E-state index contributed by atoms with van der Waals surface area (Å²) in [6.07, 6.45) is 0.812. The number of aryl methyl sites for hydroxylation is 1. The lowest BCUT2D eigenvalue weighted by atomic mass is 10.2. The smallest absolute Gasteiger partial charge is 0.267 e. The molecular weight excluding hydrogens is 370 g/mol. The zero-order chi connectivity index (χ0) is 20.2. The molecule has 1 aromatic heterocycles. The Balaban J connectivity index is 1.31. The number of para-hydroxylation sites is 1. The van der Waals surface area contributed by atoms with Gasteiger partial charge in [-0.1, -0.05) is 18.2 Å². The molecule has 4 rings (SSSR count). The van der Waals surface area contributed by atoms with Crippen molar-refractivity contribution in [3.63, 3.8) is 0 Å². The Labute approximate surface area is 168 Å². The van der Waals surface area contributed by atoms with Crippen molar-refractivity contribution in [1.82, 2.24) is 15.2 Å². The molecule has 2 heterocycles. The summed E-state index contributed by atoms with van der Waals surface area (Å²) in [5, 5.41) is 6.68. The van der Waals surface area contributed by atoms with Crippen LogP contribution in [-0.4, -0.2) is 42.7 Å². The Morgan fingerprint density at radius 1 is 0.931 bits per heavy atom. The normalized spacial score (nSPS) is 13.0. The van der Waals surface area contributed by atoms with Crippen LogP contribution in [-0.2, 0) is 7.05 Å². The number of carbonyl (C=O) groups is 2. The monoisotopic (exact) mass is 393 g/mol. The Morgan fingerprint density at radius 2 is 1.66 bits per heavy atom.